The fraction of sp³-hybridized carbons (Fsp3) is 0.471. The van der Waals surface area contributed by atoms with Gasteiger partial charge in [-0.25, -0.2) is 4.79 Å². The Morgan fingerprint density at radius 2 is 1.83 bits per heavy atom. The molecule has 2 amide bonds. The first-order valence-corrected chi connectivity index (χ1v) is 7.83. The van der Waals surface area contributed by atoms with Gasteiger partial charge in [-0.1, -0.05) is 18.6 Å². The molecule has 24 heavy (non-hydrogen) atoms. The maximum absolute atomic E-state index is 12.0. The van der Waals surface area contributed by atoms with Crippen molar-refractivity contribution in [3.8, 4) is 5.75 Å². The Balaban J connectivity index is 1.87. The molecule has 7 nitrogen and oxygen atoms in total. The van der Waals surface area contributed by atoms with Gasteiger partial charge in [-0.05, 0) is 37.8 Å². The van der Waals surface area contributed by atoms with E-state index in [0.29, 0.717) is 18.6 Å². The third-order valence-corrected chi connectivity index (χ3v) is 4.00. The Bertz CT molecular complexity index is 621. The molecule has 1 aromatic carbocycles. The summed E-state index contributed by atoms with van der Waals surface area (Å²) in [7, 11) is 1.42. The second-order valence-corrected chi connectivity index (χ2v) is 5.75. The van der Waals surface area contributed by atoms with E-state index in [0.717, 1.165) is 19.3 Å². The van der Waals surface area contributed by atoms with E-state index in [-0.39, 0.29) is 5.56 Å². The summed E-state index contributed by atoms with van der Waals surface area (Å²) in [4.78, 5) is 35.8. The van der Waals surface area contributed by atoms with Crippen LogP contribution in [0.5, 0.6) is 5.75 Å². The molecule has 1 fully saturated rings. The number of nitrogens with one attached hydrogen (secondary N) is 1. The number of para-hydroxylation sites is 1. The predicted octanol–water partition coefficient (Wildman–Crippen LogP) is 1.19. The number of rotatable bonds is 5. The van der Waals surface area contributed by atoms with E-state index < -0.39 is 30.0 Å². The molecule has 0 atom stereocenters. The van der Waals surface area contributed by atoms with Crippen molar-refractivity contribution in [3.05, 3.63) is 29.8 Å². The SMILES string of the molecule is COc1ccccc1C(=O)NC(=O)COC(=O)C1(O)CCCCC1. The van der Waals surface area contributed by atoms with Crippen molar-refractivity contribution in [2.75, 3.05) is 13.7 Å². The van der Waals surface area contributed by atoms with Crippen molar-refractivity contribution < 1.29 is 29.0 Å². The minimum atomic E-state index is -1.52. The lowest BCUT2D eigenvalue weighted by Gasteiger charge is -2.29. The molecule has 0 spiro atoms. The van der Waals surface area contributed by atoms with Crippen LogP contribution < -0.4 is 10.1 Å². The third-order valence-electron chi connectivity index (χ3n) is 4.00. The van der Waals surface area contributed by atoms with Gasteiger partial charge in [0.1, 0.15) is 5.75 Å². The number of ether oxygens (including phenoxy) is 2. The highest BCUT2D eigenvalue weighted by molar-refractivity contribution is 6.06. The maximum atomic E-state index is 12.0. The standard InChI is InChI=1S/C17H21NO6/c1-23-13-8-4-3-7-12(13)15(20)18-14(19)11-24-16(21)17(22)9-5-2-6-10-17/h3-4,7-8,22H,2,5-6,9-11H2,1H3,(H,18,19,20). The van der Waals surface area contributed by atoms with Crippen LogP contribution in [0.2, 0.25) is 0 Å². The average molecular weight is 335 g/mol. The molecule has 1 aliphatic rings. The minimum Gasteiger partial charge on any atom is -0.496 e. The summed E-state index contributed by atoms with van der Waals surface area (Å²) >= 11 is 0. The first-order chi connectivity index (χ1) is 11.5. The largest absolute Gasteiger partial charge is 0.496 e. The zero-order valence-electron chi connectivity index (χ0n) is 13.5. The number of imide groups is 1. The van der Waals surface area contributed by atoms with Gasteiger partial charge in [0.25, 0.3) is 11.8 Å². The van der Waals surface area contributed by atoms with Gasteiger partial charge in [0.2, 0.25) is 0 Å². The Kier molecular flexibility index (Phi) is 5.92. The van der Waals surface area contributed by atoms with E-state index in [9.17, 15) is 19.5 Å². The molecule has 7 heteroatoms. The van der Waals surface area contributed by atoms with E-state index in [1.807, 2.05) is 0 Å². The molecule has 130 valence electrons. The van der Waals surface area contributed by atoms with Crippen LogP contribution in [0.15, 0.2) is 24.3 Å². The Labute approximate surface area is 139 Å². The van der Waals surface area contributed by atoms with E-state index in [1.165, 1.54) is 13.2 Å². The minimum absolute atomic E-state index is 0.200. The second-order valence-electron chi connectivity index (χ2n) is 5.75. The molecule has 1 aromatic rings. The van der Waals surface area contributed by atoms with Gasteiger partial charge in [0, 0.05) is 0 Å². The summed E-state index contributed by atoms with van der Waals surface area (Å²) in [5.74, 6) is -1.90. The van der Waals surface area contributed by atoms with E-state index in [4.69, 9.17) is 9.47 Å². The van der Waals surface area contributed by atoms with Crippen LogP contribution in [0.1, 0.15) is 42.5 Å². The molecule has 0 radical (unpaired) electrons. The van der Waals surface area contributed by atoms with Crippen LogP contribution >= 0.6 is 0 Å². The number of hydrogen-bond donors (Lipinski definition) is 2. The van der Waals surface area contributed by atoms with E-state index in [1.54, 1.807) is 18.2 Å². The number of esters is 1. The van der Waals surface area contributed by atoms with Crippen molar-refractivity contribution in [1.29, 1.82) is 0 Å². The lowest BCUT2D eigenvalue weighted by molar-refractivity contribution is -0.170. The van der Waals surface area contributed by atoms with Crippen LogP contribution in [0.4, 0.5) is 0 Å². The van der Waals surface area contributed by atoms with E-state index in [2.05, 4.69) is 5.32 Å². The molecule has 0 unspecified atom stereocenters. The molecule has 0 aromatic heterocycles. The van der Waals surface area contributed by atoms with Crippen LogP contribution in [0.25, 0.3) is 0 Å². The Morgan fingerprint density at radius 3 is 2.50 bits per heavy atom. The van der Waals surface area contributed by atoms with Gasteiger partial charge in [-0.15, -0.1) is 0 Å². The third kappa shape index (κ3) is 4.32. The summed E-state index contributed by atoms with van der Waals surface area (Å²) in [5, 5.41) is 12.3. The summed E-state index contributed by atoms with van der Waals surface area (Å²) < 4.78 is 9.90. The summed E-state index contributed by atoms with van der Waals surface area (Å²) in [6.45, 7) is -0.623. The molecule has 0 bridgehead atoms. The van der Waals surface area contributed by atoms with Gasteiger partial charge in [-0.3, -0.25) is 14.9 Å². The summed E-state index contributed by atoms with van der Waals surface area (Å²) in [5.41, 5.74) is -1.32. The zero-order valence-corrected chi connectivity index (χ0v) is 13.5. The van der Waals surface area contributed by atoms with E-state index >= 15 is 0 Å². The number of carbonyl (C=O) groups is 3. The van der Waals surface area contributed by atoms with Crippen LogP contribution in [0, 0.1) is 0 Å². The van der Waals surface area contributed by atoms with Crippen LogP contribution in [-0.4, -0.2) is 42.2 Å². The fourth-order valence-corrected chi connectivity index (χ4v) is 2.67. The number of hydrogen-bond acceptors (Lipinski definition) is 6. The molecule has 2 rings (SSSR count). The molecule has 1 saturated carbocycles. The molecular formula is C17H21NO6. The van der Waals surface area contributed by atoms with Crippen molar-refractivity contribution in [2.24, 2.45) is 0 Å². The van der Waals surface area contributed by atoms with Crippen LogP contribution in [0.3, 0.4) is 0 Å². The van der Waals surface area contributed by atoms with Crippen molar-refractivity contribution in [3.63, 3.8) is 0 Å². The monoisotopic (exact) mass is 335 g/mol. The quantitative estimate of drug-likeness (QED) is 0.784. The first-order valence-electron chi connectivity index (χ1n) is 7.83. The normalized spacial score (nSPS) is 16.1. The molecule has 0 aliphatic heterocycles. The average Bonchev–Trinajstić information content (AvgIpc) is 2.60. The van der Waals surface area contributed by atoms with Gasteiger partial charge in [0.15, 0.2) is 12.2 Å². The van der Waals surface area contributed by atoms with Gasteiger partial charge < -0.3 is 14.6 Å². The molecule has 1 aliphatic carbocycles. The molecule has 0 heterocycles. The molecule has 0 saturated heterocycles. The Morgan fingerprint density at radius 1 is 1.17 bits per heavy atom. The van der Waals surface area contributed by atoms with Gasteiger partial charge in [-0.2, -0.15) is 0 Å². The van der Waals surface area contributed by atoms with Crippen molar-refractivity contribution >= 4 is 17.8 Å². The number of carbonyl (C=O) groups excluding carboxylic acids is 3. The number of amides is 2. The number of benzene rings is 1. The topological polar surface area (TPSA) is 102 Å². The summed E-state index contributed by atoms with van der Waals surface area (Å²) in [6.07, 6.45) is 3.10. The Hall–Kier alpha value is -2.41. The van der Waals surface area contributed by atoms with Gasteiger partial charge in [0.05, 0.1) is 12.7 Å². The second kappa shape index (κ2) is 7.92. The highest BCUT2D eigenvalue weighted by Crippen LogP contribution is 2.29. The van der Waals surface area contributed by atoms with Crippen molar-refractivity contribution in [1.82, 2.24) is 5.32 Å². The highest BCUT2D eigenvalue weighted by Gasteiger charge is 2.38. The lowest BCUT2D eigenvalue weighted by Crippen LogP contribution is -2.43. The smallest absolute Gasteiger partial charge is 0.338 e. The maximum Gasteiger partial charge on any atom is 0.338 e. The number of methoxy groups -OCH3 is 1. The zero-order chi connectivity index (χ0) is 17.6. The molecule has 2 N–H and O–H groups in total. The summed E-state index contributed by atoms with van der Waals surface area (Å²) in [6, 6.07) is 6.45. The highest BCUT2D eigenvalue weighted by atomic mass is 16.6. The predicted molar refractivity (Wildman–Crippen MR) is 84.5 cm³/mol. The fourth-order valence-electron chi connectivity index (χ4n) is 2.67. The van der Waals surface area contributed by atoms with Crippen LogP contribution in [-0.2, 0) is 14.3 Å². The number of aliphatic hydroxyl groups is 1. The first kappa shape index (κ1) is 17.9. The van der Waals surface area contributed by atoms with Gasteiger partial charge >= 0.3 is 5.97 Å². The molecular weight excluding hydrogens is 314 g/mol. The van der Waals surface area contributed by atoms with Crippen molar-refractivity contribution in [2.45, 2.75) is 37.7 Å². The lowest BCUT2D eigenvalue weighted by atomic mass is 9.85.